The Kier molecular flexibility index (Phi) is 8.36. The summed E-state index contributed by atoms with van der Waals surface area (Å²) in [7, 11) is 3.29. The number of methoxy groups -OCH3 is 2. The maximum Gasteiger partial charge on any atom is 0.256 e. The number of anilines is 1. The molecule has 1 amide bonds. The van der Waals surface area contributed by atoms with Gasteiger partial charge in [-0.15, -0.1) is 0 Å². The van der Waals surface area contributed by atoms with Crippen molar-refractivity contribution in [3.05, 3.63) is 138 Å². The molecule has 0 aliphatic carbocycles. The van der Waals surface area contributed by atoms with Gasteiger partial charge in [0.05, 0.1) is 14.2 Å². The number of carbonyl (C=O) groups excluding carboxylic acids is 2. The second kappa shape index (κ2) is 12.6. The zero-order chi connectivity index (χ0) is 28.6. The van der Waals surface area contributed by atoms with E-state index in [0.29, 0.717) is 11.1 Å². The third-order valence-corrected chi connectivity index (χ3v) is 6.77. The average molecular weight is 540 g/mol. The van der Waals surface area contributed by atoms with E-state index in [2.05, 4.69) is 11.4 Å². The Morgan fingerprint density at radius 3 is 1.66 bits per heavy atom. The predicted molar refractivity (Wildman–Crippen MR) is 165 cm³/mol. The van der Waals surface area contributed by atoms with Gasteiger partial charge in [0, 0.05) is 33.5 Å². The quantitative estimate of drug-likeness (QED) is 0.175. The maximum atomic E-state index is 12.3. The lowest BCUT2D eigenvalue weighted by molar-refractivity contribution is -0.110. The van der Waals surface area contributed by atoms with E-state index in [0.717, 1.165) is 56.9 Å². The number of carbonyl (C=O) groups is 2. The van der Waals surface area contributed by atoms with Gasteiger partial charge in [-0.3, -0.25) is 9.59 Å². The SMILES string of the molecule is COc1ccc(/C=C2/C(=O)Nc3ccccc32)cc1-c1ccccc1.COc1ccc(C=O)cc1-c1ccccc1. The van der Waals surface area contributed by atoms with E-state index >= 15 is 0 Å². The normalized spacial score (nSPS) is 12.5. The Balaban J connectivity index is 0.000000182. The molecule has 0 saturated carbocycles. The molecule has 1 heterocycles. The number of amides is 1. The van der Waals surface area contributed by atoms with Gasteiger partial charge < -0.3 is 14.8 Å². The molecular weight excluding hydrogens is 510 g/mol. The van der Waals surface area contributed by atoms with Gasteiger partial charge in [-0.05, 0) is 59.2 Å². The molecule has 0 fully saturated rings. The Labute approximate surface area is 239 Å². The summed E-state index contributed by atoms with van der Waals surface area (Å²) in [6.07, 6.45) is 2.76. The molecule has 1 aliphatic heterocycles. The number of nitrogens with one attached hydrogen (secondary N) is 1. The molecule has 1 N–H and O–H groups in total. The van der Waals surface area contributed by atoms with Crippen LogP contribution < -0.4 is 14.8 Å². The third-order valence-electron chi connectivity index (χ3n) is 6.77. The van der Waals surface area contributed by atoms with E-state index in [9.17, 15) is 9.59 Å². The van der Waals surface area contributed by atoms with Gasteiger partial charge >= 0.3 is 0 Å². The van der Waals surface area contributed by atoms with Crippen LogP contribution in [0.5, 0.6) is 11.5 Å². The molecule has 0 aromatic heterocycles. The summed E-state index contributed by atoms with van der Waals surface area (Å²) in [6.45, 7) is 0. The van der Waals surface area contributed by atoms with E-state index in [1.54, 1.807) is 20.3 Å². The van der Waals surface area contributed by atoms with Crippen LogP contribution in [0.4, 0.5) is 5.69 Å². The highest BCUT2D eigenvalue weighted by molar-refractivity contribution is 6.34. The van der Waals surface area contributed by atoms with Crippen molar-refractivity contribution in [2.45, 2.75) is 0 Å². The molecule has 0 unspecified atom stereocenters. The minimum Gasteiger partial charge on any atom is -0.496 e. The van der Waals surface area contributed by atoms with Gasteiger partial charge in [-0.2, -0.15) is 0 Å². The van der Waals surface area contributed by atoms with Gasteiger partial charge in [0.2, 0.25) is 0 Å². The summed E-state index contributed by atoms with van der Waals surface area (Å²) in [5, 5.41) is 2.90. The van der Waals surface area contributed by atoms with Crippen molar-refractivity contribution in [2.24, 2.45) is 0 Å². The van der Waals surface area contributed by atoms with Gasteiger partial charge in [0.25, 0.3) is 5.91 Å². The fraction of sp³-hybridized carbons (Fsp3) is 0.0556. The van der Waals surface area contributed by atoms with Crippen LogP contribution in [0.2, 0.25) is 0 Å². The topological polar surface area (TPSA) is 64.6 Å². The smallest absolute Gasteiger partial charge is 0.256 e. The highest BCUT2D eigenvalue weighted by atomic mass is 16.5. The number of para-hydroxylation sites is 1. The highest BCUT2D eigenvalue weighted by Gasteiger charge is 2.23. The number of rotatable bonds is 6. The summed E-state index contributed by atoms with van der Waals surface area (Å²) >= 11 is 0. The van der Waals surface area contributed by atoms with Crippen molar-refractivity contribution in [3.63, 3.8) is 0 Å². The first-order valence-electron chi connectivity index (χ1n) is 13.2. The van der Waals surface area contributed by atoms with Crippen molar-refractivity contribution in [2.75, 3.05) is 19.5 Å². The van der Waals surface area contributed by atoms with Crippen LogP contribution in [0.3, 0.4) is 0 Å². The van der Waals surface area contributed by atoms with E-state index < -0.39 is 0 Å². The standard InChI is InChI=1S/C22H17NO2.C14H12O2/c1-25-21-12-11-15(13-18(21)16-7-3-2-4-8-16)14-19-17-9-5-6-10-20(17)23-22(19)24;1-16-14-8-7-11(10-15)9-13(14)12-5-3-2-4-6-12/h2-14H,1H3,(H,23,24);2-10H,1H3/b19-14+;. The van der Waals surface area contributed by atoms with Crippen LogP contribution in [-0.4, -0.2) is 26.4 Å². The van der Waals surface area contributed by atoms with E-state index in [4.69, 9.17) is 9.47 Å². The molecule has 0 bridgehead atoms. The first-order chi connectivity index (χ1) is 20.1. The molecular formula is C36H29NO4. The molecule has 0 atom stereocenters. The summed E-state index contributed by atoms with van der Waals surface area (Å²) in [5.74, 6) is 1.51. The Morgan fingerprint density at radius 1 is 0.585 bits per heavy atom. The van der Waals surface area contributed by atoms with Gasteiger partial charge in [-0.1, -0.05) is 84.9 Å². The number of fused-ring (bicyclic) bond motifs is 1. The lowest BCUT2D eigenvalue weighted by Gasteiger charge is -2.10. The minimum absolute atomic E-state index is 0.0710. The van der Waals surface area contributed by atoms with Gasteiger partial charge in [0.15, 0.2) is 0 Å². The lowest BCUT2D eigenvalue weighted by Crippen LogP contribution is -2.03. The Bertz CT molecular complexity index is 1710. The molecule has 0 radical (unpaired) electrons. The van der Waals surface area contributed by atoms with Crippen molar-refractivity contribution in [3.8, 4) is 33.8 Å². The van der Waals surface area contributed by atoms with E-state index in [1.807, 2.05) is 115 Å². The van der Waals surface area contributed by atoms with Crippen molar-refractivity contribution in [1.29, 1.82) is 0 Å². The van der Waals surface area contributed by atoms with Crippen molar-refractivity contribution in [1.82, 2.24) is 0 Å². The Morgan fingerprint density at radius 2 is 1.10 bits per heavy atom. The highest BCUT2D eigenvalue weighted by Crippen LogP contribution is 2.35. The first kappa shape index (κ1) is 27.2. The maximum absolute atomic E-state index is 12.3. The Hall–Kier alpha value is -5.42. The van der Waals surface area contributed by atoms with Crippen LogP contribution in [0, 0.1) is 0 Å². The average Bonchev–Trinajstić information content (AvgIpc) is 3.36. The molecule has 5 nitrogen and oxygen atoms in total. The van der Waals surface area contributed by atoms with Crippen LogP contribution in [0.15, 0.2) is 121 Å². The predicted octanol–water partition coefficient (Wildman–Crippen LogP) is 8.03. The fourth-order valence-corrected chi connectivity index (χ4v) is 4.75. The molecule has 5 aromatic rings. The summed E-state index contributed by atoms with van der Waals surface area (Å²) in [6, 6.07) is 39.0. The molecule has 1 aliphatic rings. The summed E-state index contributed by atoms with van der Waals surface area (Å²) in [4.78, 5) is 23.1. The second-order valence-electron chi connectivity index (χ2n) is 9.33. The second-order valence-corrected chi connectivity index (χ2v) is 9.33. The molecule has 0 spiro atoms. The first-order valence-corrected chi connectivity index (χ1v) is 13.2. The molecule has 5 heteroatoms. The summed E-state index contributed by atoms with van der Waals surface area (Å²) < 4.78 is 10.8. The lowest BCUT2D eigenvalue weighted by atomic mass is 9.99. The number of benzene rings is 5. The van der Waals surface area contributed by atoms with E-state index in [-0.39, 0.29) is 5.91 Å². The number of ether oxygens (including phenoxy) is 2. The zero-order valence-corrected chi connectivity index (χ0v) is 22.8. The molecule has 6 rings (SSSR count). The van der Waals surface area contributed by atoms with Crippen LogP contribution >= 0.6 is 0 Å². The minimum atomic E-state index is -0.0710. The molecule has 41 heavy (non-hydrogen) atoms. The molecule has 202 valence electrons. The van der Waals surface area contributed by atoms with Crippen LogP contribution in [-0.2, 0) is 4.79 Å². The molecule has 0 saturated heterocycles. The van der Waals surface area contributed by atoms with Crippen LogP contribution in [0.1, 0.15) is 21.5 Å². The van der Waals surface area contributed by atoms with Crippen molar-refractivity contribution < 1.29 is 19.1 Å². The largest absolute Gasteiger partial charge is 0.496 e. The van der Waals surface area contributed by atoms with E-state index in [1.165, 1.54) is 0 Å². The monoisotopic (exact) mass is 539 g/mol. The number of hydrogen-bond acceptors (Lipinski definition) is 4. The number of aldehydes is 1. The van der Waals surface area contributed by atoms with Crippen LogP contribution in [0.25, 0.3) is 33.9 Å². The van der Waals surface area contributed by atoms with Gasteiger partial charge in [-0.25, -0.2) is 0 Å². The number of hydrogen-bond donors (Lipinski definition) is 1. The molecule has 5 aromatic carbocycles. The third kappa shape index (κ3) is 6.10. The summed E-state index contributed by atoms with van der Waals surface area (Å²) in [5.41, 5.74) is 8.15. The van der Waals surface area contributed by atoms with Gasteiger partial charge in [0.1, 0.15) is 17.8 Å². The van der Waals surface area contributed by atoms with Crippen molar-refractivity contribution >= 4 is 29.5 Å². The zero-order valence-electron chi connectivity index (χ0n) is 22.8. The fourth-order valence-electron chi connectivity index (χ4n) is 4.75.